The molecule has 0 aliphatic heterocycles. The highest BCUT2D eigenvalue weighted by Crippen LogP contribution is 2.45. The maximum atomic E-state index is 5.42. The Kier molecular flexibility index (Phi) is 3.90. The van der Waals surface area contributed by atoms with Gasteiger partial charge in [-0.15, -0.1) is 0 Å². The minimum atomic E-state index is 0.280. The lowest BCUT2D eigenvalue weighted by molar-refractivity contribution is 0.247. The molecule has 112 valence electrons. The molecule has 1 aromatic heterocycles. The molecule has 0 saturated carbocycles. The Balaban J connectivity index is 1.66. The summed E-state index contributed by atoms with van der Waals surface area (Å²) in [5.74, 6) is 1.08. The van der Waals surface area contributed by atoms with Crippen molar-refractivity contribution in [3.8, 4) is 0 Å². The number of hydrogen-bond donors (Lipinski definition) is 1. The van der Waals surface area contributed by atoms with Crippen LogP contribution in [0.3, 0.4) is 0 Å². The van der Waals surface area contributed by atoms with E-state index in [1.54, 1.807) is 6.26 Å². The van der Waals surface area contributed by atoms with Crippen molar-refractivity contribution < 1.29 is 4.42 Å². The molecule has 21 heavy (non-hydrogen) atoms. The van der Waals surface area contributed by atoms with Crippen LogP contribution in [0.25, 0.3) is 0 Å². The number of furan rings is 1. The number of benzene rings is 1. The Labute approximate surface area is 127 Å². The lowest BCUT2D eigenvalue weighted by Crippen LogP contribution is -2.37. The molecule has 1 N–H and O–H groups in total. The fraction of sp³-hybridized carbons (Fsp3) is 0.474. The van der Waals surface area contributed by atoms with Crippen LogP contribution < -0.4 is 5.32 Å². The van der Waals surface area contributed by atoms with Gasteiger partial charge in [0.1, 0.15) is 5.76 Å². The van der Waals surface area contributed by atoms with Gasteiger partial charge in [0.15, 0.2) is 0 Å². The van der Waals surface area contributed by atoms with Gasteiger partial charge in [-0.2, -0.15) is 0 Å². The molecule has 1 aliphatic rings. The summed E-state index contributed by atoms with van der Waals surface area (Å²) in [5.41, 5.74) is 3.26. The third-order valence-corrected chi connectivity index (χ3v) is 4.65. The molecule has 0 amide bonds. The van der Waals surface area contributed by atoms with Crippen LogP contribution in [-0.2, 0) is 12.8 Å². The van der Waals surface area contributed by atoms with Crippen LogP contribution in [0.15, 0.2) is 47.1 Å². The number of rotatable bonds is 5. The van der Waals surface area contributed by atoms with Crippen LogP contribution in [0, 0.1) is 5.41 Å². The lowest BCUT2D eigenvalue weighted by atomic mass is 9.85. The number of fused-ring (bicyclic) bond motifs is 1. The summed E-state index contributed by atoms with van der Waals surface area (Å²) < 4.78 is 5.42. The van der Waals surface area contributed by atoms with Crippen molar-refractivity contribution in [2.45, 2.75) is 52.1 Å². The Morgan fingerprint density at radius 1 is 1.24 bits per heavy atom. The molecule has 0 radical (unpaired) electrons. The summed E-state index contributed by atoms with van der Waals surface area (Å²) in [6.45, 7) is 7.01. The van der Waals surface area contributed by atoms with Crippen LogP contribution in [0.1, 0.15) is 50.1 Å². The minimum absolute atomic E-state index is 0.280. The van der Waals surface area contributed by atoms with Gasteiger partial charge in [-0.3, -0.25) is 0 Å². The first kappa shape index (κ1) is 14.4. The van der Waals surface area contributed by atoms with Gasteiger partial charge in [0.05, 0.1) is 6.26 Å². The maximum Gasteiger partial charge on any atom is 0.103 e. The van der Waals surface area contributed by atoms with E-state index in [1.807, 2.05) is 6.07 Å². The molecular formula is C19H25NO. The van der Waals surface area contributed by atoms with Crippen molar-refractivity contribution >= 4 is 0 Å². The van der Waals surface area contributed by atoms with E-state index in [-0.39, 0.29) is 5.41 Å². The maximum absolute atomic E-state index is 5.42. The van der Waals surface area contributed by atoms with Crippen molar-refractivity contribution in [1.82, 2.24) is 5.32 Å². The first-order chi connectivity index (χ1) is 10.1. The molecule has 2 heteroatoms. The molecule has 2 aromatic rings. The molecule has 1 heterocycles. The van der Waals surface area contributed by atoms with Crippen LogP contribution in [0.4, 0.5) is 0 Å². The van der Waals surface area contributed by atoms with Crippen molar-refractivity contribution in [2.24, 2.45) is 5.41 Å². The molecule has 2 atom stereocenters. The van der Waals surface area contributed by atoms with Crippen LogP contribution in [0.5, 0.6) is 0 Å². The van der Waals surface area contributed by atoms with Gasteiger partial charge in [0.25, 0.3) is 0 Å². The van der Waals surface area contributed by atoms with Crippen molar-refractivity contribution in [1.29, 1.82) is 0 Å². The van der Waals surface area contributed by atoms with Gasteiger partial charge in [0, 0.05) is 18.5 Å². The standard InChI is InChI=1S/C19H25NO/c1-14(10-11-16-8-6-12-21-16)20-18-17-9-5-4-7-15(17)13-19(18,2)3/h4-9,12,14,18,20H,10-11,13H2,1-3H3. The average Bonchev–Trinajstić information content (AvgIpc) is 3.03. The lowest BCUT2D eigenvalue weighted by Gasteiger charge is -2.31. The summed E-state index contributed by atoms with van der Waals surface area (Å²) in [4.78, 5) is 0. The number of hydrogen-bond acceptors (Lipinski definition) is 2. The highest BCUT2D eigenvalue weighted by atomic mass is 16.3. The predicted octanol–water partition coefficient (Wildman–Crippen LogP) is 4.51. The molecule has 1 aromatic carbocycles. The Bertz CT molecular complexity index is 585. The van der Waals surface area contributed by atoms with Gasteiger partial charge >= 0.3 is 0 Å². The van der Waals surface area contributed by atoms with E-state index < -0.39 is 0 Å². The number of nitrogens with one attached hydrogen (secondary N) is 1. The highest BCUT2D eigenvalue weighted by Gasteiger charge is 2.38. The van der Waals surface area contributed by atoms with E-state index in [1.165, 1.54) is 11.1 Å². The van der Waals surface area contributed by atoms with Gasteiger partial charge in [0.2, 0.25) is 0 Å². The quantitative estimate of drug-likeness (QED) is 0.873. The van der Waals surface area contributed by atoms with Gasteiger partial charge < -0.3 is 9.73 Å². The number of aryl methyl sites for hydroxylation is 1. The van der Waals surface area contributed by atoms with E-state index in [0.717, 1.165) is 25.0 Å². The minimum Gasteiger partial charge on any atom is -0.469 e. The van der Waals surface area contributed by atoms with Crippen molar-refractivity contribution in [2.75, 3.05) is 0 Å². The summed E-state index contributed by atoms with van der Waals surface area (Å²) in [5, 5.41) is 3.85. The fourth-order valence-electron chi connectivity index (χ4n) is 3.49. The monoisotopic (exact) mass is 283 g/mol. The Morgan fingerprint density at radius 2 is 2.05 bits per heavy atom. The van der Waals surface area contributed by atoms with Crippen molar-refractivity contribution in [3.63, 3.8) is 0 Å². The Hall–Kier alpha value is -1.54. The normalized spacial score (nSPS) is 21.2. The van der Waals surface area contributed by atoms with Crippen LogP contribution in [0.2, 0.25) is 0 Å². The summed E-state index contributed by atoms with van der Waals surface area (Å²) in [7, 11) is 0. The SMILES string of the molecule is CC(CCc1ccco1)NC1c2ccccc2CC1(C)C. The third-order valence-electron chi connectivity index (χ3n) is 4.65. The molecular weight excluding hydrogens is 258 g/mol. The summed E-state index contributed by atoms with van der Waals surface area (Å²) in [6.07, 6.45) is 5.01. The third kappa shape index (κ3) is 3.06. The first-order valence-electron chi connectivity index (χ1n) is 7.92. The largest absolute Gasteiger partial charge is 0.469 e. The molecule has 0 bridgehead atoms. The summed E-state index contributed by atoms with van der Waals surface area (Å²) >= 11 is 0. The second-order valence-electron chi connectivity index (χ2n) is 6.98. The zero-order valence-electron chi connectivity index (χ0n) is 13.2. The first-order valence-corrected chi connectivity index (χ1v) is 7.92. The topological polar surface area (TPSA) is 25.2 Å². The predicted molar refractivity (Wildman–Crippen MR) is 86.3 cm³/mol. The van der Waals surface area contributed by atoms with Gasteiger partial charge in [-0.1, -0.05) is 38.1 Å². The van der Waals surface area contributed by atoms with Gasteiger partial charge in [-0.25, -0.2) is 0 Å². The summed E-state index contributed by atoms with van der Waals surface area (Å²) in [6, 6.07) is 13.8. The van der Waals surface area contributed by atoms with E-state index in [2.05, 4.69) is 56.4 Å². The van der Waals surface area contributed by atoms with E-state index >= 15 is 0 Å². The zero-order chi connectivity index (χ0) is 14.9. The zero-order valence-corrected chi connectivity index (χ0v) is 13.2. The molecule has 0 saturated heterocycles. The second kappa shape index (κ2) is 5.69. The van der Waals surface area contributed by atoms with E-state index in [0.29, 0.717) is 12.1 Å². The smallest absolute Gasteiger partial charge is 0.103 e. The molecule has 0 spiro atoms. The Morgan fingerprint density at radius 3 is 2.81 bits per heavy atom. The van der Waals surface area contributed by atoms with E-state index in [4.69, 9.17) is 4.42 Å². The molecule has 0 fully saturated rings. The highest BCUT2D eigenvalue weighted by molar-refractivity contribution is 5.37. The second-order valence-corrected chi connectivity index (χ2v) is 6.98. The molecule has 2 nitrogen and oxygen atoms in total. The fourth-order valence-corrected chi connectivity index (χ4v) is 3.49. The molecule has 2 unspecified atom stereocenters. The van der Waals surface area contributed by atoms with Crippen molar-refractivity contribution in [3.05, 3.63) is 59.5 Å². The average molecular weight is 283 g/mol. The van der Waals surface area contributed by atoms with Gasteiger partial charge in [-0.05, 0) is 48.4 Å². The van der Waals surface area contributed by atoms with E-state index in [9.17, 15) is 0 Å². The molecule has 1 aliphatic carbocycles. The molecule has 3 rings (SSSR count). The van der Waals surface area contributed by atoms with Crippen LogP contribution in [-0.4, -0.2) is 6.04 Å². The van der Waals surface area contributed by atoms with Crippen LogP contribution >= 0.6 is 0 Å².